The van der Waals surface area contributed by atoms with Crippen molar-refractivity contribution in [2.45, 2.75) is 0 Å². The van der Waals surface area contributed by atoms with Gasteiger partial charge in [0.15, 0.2) is 18.1 Å². The van der Waals surface area contributed by atoms with E-state index in [1.165, 1.54) is 6.07 Å². The fourth-order valence-electron chi connectivity index (χ4n) is 1.76. The van der Waals surface area contributed by atoms with Gasteiger partial charge in [-0.15, -0.1) is 0 Å². The standard InChI is InChI=1S/C16H18N2O3/c1-18(2)13-9-7-12(8-10-13)17-16(20)11-21-15-6-4-3-5-14(15)19/h3-10,19H,11H2,1-2H3,(H,17,20). The zero-order valence-corrected chi connectivity index (χ0v) is 12.0. The van der Waals surface area contributed by atoms with Crippen molar-refractivity contribution >= 4 is 17.3 Å². The summed E-state index contributed by atoms with van der Waals surface area (Å²) in [5, 5.41) is 12.3. The number of carbonyl (C=O) groups is 1. The topological polar surface area (TPSA) is 61.8 Å². The molecule has 0 bridgehead atoms. The van der Waals surface area contributed by atoms with Gasteiger partial charge in [0.25, 0.3) is 5.91 Å². The summed E-state index contributed by atoms with van der Waals surface area (Å²) in [6.45, 7) is -0.160. The lowest BCUT2D eigenvalue weighted by molar-refractivity contribution is -0.118. The molecule has 0 saturated heterocycles. The Bertz CT molecular complexity index is 609. The molecule has 1 amide bonds. The summed E-state index contributed by atoms with van der Waals surface area (Å²) in [4.78, 5) is 13.8. The molecule has 110 valence electrons. The minimum absolute atomic E-state index is 0.0145. The van der Waals surface area contributed by atoms with Gasteiger partial charge in [-0.3, -0.25) is 4.79 Å². The highest BCUT2D eigenvalue weighted by Crippen LogP contribution is 2.24. The SMILES string of the molecule is CN(C)c1ccc(NC(=O)COc2ccccc2O)cc1. The van der Waals surface area contributed by atoms with Gasteiger partial charge >= 0.3 is 0 Å². The van der Waals surface area contributed by atoms with Gasteiger partial charge in [0, 0.05) is 25.5 Å². The van der Waals surface area contributed by atoms with Crippen molar-refractivity contribution in [3.05, 3.63) is 48.5 Å². The monoisotopic (exact) mass is 286 g/mol. The Kier molecular flexibility index (Phi) is 4.66. The summed E-state index contributed by atoms with van der Waals surface area (Å²) in [5.41, 5.74) is 1.75. The van der Waals surface area contributed by atoms with Crippen LogP contribution in [0.2, 0.25) is 0 Å². The van der Waals surface area contributed by atoms with E-state index in [9.17, 15) is 9.90 Å². The number of ether oxygens (including phenoxy) is 1. The van der Waals surface area contributed by atoms with E-state index in [4.69, 9.17) is 4.74 Å². The Labute approximate surface area is 123 Å². The summed E-state index contributed by atoms with van der Waals surface area (Å²) in [7, 11) is 3.90. The van der Waals surface area contributed by atoms with Crippen molar-refractivity contribution in [1.82, 2.24) is 0 Å². The quantitative estimate of drug-likeness (QED) is 0.886. The van der Waals surface area contributed by atoms with Crippen molar-refractivity contribution in [1.29, 1.82) is 0 Å². The number of hydrogen-bond acceptors (Lipinski definition) is 4. The highest BCUT2D eigenvalue weighted by Gasteiger charge is 2.06. The molecule has 0 atom stereocenters. The van der Waals surface area contributed by atoms with Crippen molar-refractivity contribution in [3.63, 3.8) is 0 Å². The van der Waals surface area contributed by atoms with E-state index < -0.39 is 0 Å². The minimum atomic E-state index is -0.282. The Morgan fingerprint density at radius 3 is 2.43 bits per heavy atom. The third-order valence-corrected chi connectivity index (χ3v) is 2.89. The van der Waals surface area contributed by atoms with Crippen LogP contribution >= 0.6 is 0 Å². The summed E-state index contributed by atoms with van der Waals surface area (Å²) < 4.78 is 5.26. The van der Waals surface area contributed by atoms with E-state index in [1.54, 1.807) is 18.2 Å². The van der Waals surface area contributed by atoms with Crippen molar-refractivity contribution < 1.29 is 14.6 Å². The average molecular weight is 286 g/mol. The van der Waals surface area contributed by atoms with Crippen LogP contribution in [-0.4, -0.2) is 31.7 Å². The molecule has 0 unspecified atom stereocenters. The maximum Gasteiger partial charge on any atom is 0.262 e. The van der Waals surface area contributed by atoms with Crippen LogP contribution in [0.25, 0.3) is 0 Å². The van der Waals surface area contributed by atoms with E-state index in [1.807, 2.05) is 43.3 Å². The van der Waals surface area contributed by atoms with Gasteiger partial charge in [0.1, 0.15) is 0 Å². The fraction of sp³-hybridized carbons (Fsp3) is 0.188. The van der Waals surface area contributed by atoms with Gasteiger partial charge in [-0.1, -0.05) is 12.1 Å². The molecule has 0 saturated carbocycles. The molecule has 0 spiro atoms. The Morgan fingerprint density at radius 2 is 1.81 bits per heavy atom. The van der Waals surface area contributed by atoms with Gasteiger partial charge in [-0.25, -0.2) is 0 Å². The first-order valence-corrected chi connectivity index (χ1v) is 6.54. The Morgan fingerprint density at radius 1 is 1.14 bits per heavy atom. The first kappa shape index (κ1) is 14.7. The van der Waals surface area contributed by atoms with E-state index in [0.717, 1.165) is 5.69 Å². The molecule has 0 heterocycles. The number of nitrogens with one attached hydrogen (secondary N) is 1. The predicted octanol–water partition coefficient (Wildman–Crippen LogP) is 2.48. The van der Waals surface area contributed by atoms with E-state index >= 15 is 0 Å². The lowest BCUT2D eigenvalue weighted by Gasteiger charge is -2.13. The highest BCUT2D eigenvalue weighted by atomic mass is 16.5. The van der Waals surface area contributed by atoms with E-state index in [2.05, 4.69) is 5.32 Å². The third kappa shape index (κ3) is 4.14. The van der Waals surface area contributed by atoms with Crippen LogP contribution in [0, 0.1) is 0 Å². The second kappa shape index (κ2) is 6.65. The van der Waals surface area contributed by atoms with Crippen LogP contribution in [0.3, 0.4) is 0 Å². The van der Waals surface area contributed by atoms with Crippen LogP contribution < -0.4 is 15.0 Å². The second-order valence-corrected chi connectivity index (χ2v) is 4.75. The zero-order chi connectivity index (χ0) is 15.2. The fourth-order valence-corrected chi connectivity index (χ4v) is 1.76. The van der Waals surface area contributed by atoms with Gasteiger partial charge in [0.05, 0.1) is 0 Å². The molecule has 2 rings (SSSR count). The van der Waals surface area contributed by atoms with Crippen molar-refractivity contribution in [2.24, 2.45) is 0 Å². The number of phenols is 1. The molecular formula is C16H18N2O3. The summed E-state index contributed by atoms with van der Waals surface area (Å²) >= 11 is 0. The number of rotatable bonds is 5. The van der Waals surface area contributed by atoms with Crippen LogP contribution in [0.4, 0.5) is 11.4 Å². The molecule has 0 aliphatic rings. The number of carbonyl (C=O) groups excluding carboxylic acids is 1. The number of amides is 1. The normalized spacial score (nSPS) is 10.0. The van der Waals surface area contributed by atoms with Crippen LogP contribution in [0.5, 0.6) is 11.5 Å². The molecule has 2 aromatic carbocycles. The van der Waals surface area contributed by atoms with Crippen LogP contribution in [-0.2, 0) is 4.79 Å². The Balaban J connectivity index is 1.88. The van der Waals surface area contributed by atoms with E-state index in [-0.39, 0.29) is 24.0 Å². The molecule has 2 N–H and O–H groups in total. The largest absolute Gasteiger partial charge is 0.504 e. The van der Waals surface area contributed by atoms with Gasteiger partial charge in [-0.05, 0) is 36.4 Å². The maximum absolute atomic E-state index is 11.8. The van der Waals surface area contributed by atoms with E-state index in [0.29, 0.717) is 5.69 Å². The smallest absolute Gasteiger partial charge is 0.262 e. The number of phenolic OH excluding ortho intramolecular Hbond substituents is 1. The lowest BCUT2D eigenvalue weighted by atomic mass is 10.2. The minimum Gasteiger partial charge on any atom is -0.504 e. The molecule has 0 aliphatic carbocycles. The average Bonchev–Trinajstić information content (AvgIpc) is 2.47. The second-order valence-electron chi connectivity index (χ2n) is 4.75. The Hall–Kier alpha value is -2.69. The number of hydrogen-bond donors (Lipinski definition) is 2. The molecule has 21 heavy (non-hydrogen) atoms. The number of aromatic hydroxyl groups is 1. The first-order chi connectivity index (χ1) is 10.1. The molecule has 0 radical (unpaired) electrons. The molecule has 5 nitrogen and oxygen atoms in total. The number of para-hydroxylation sites is 2. The molecule has 0 aromatic heterocycles. The number of benzene rings is 2. The summed E-state index contributed by atoms with van der Waals surface area (Å²) in [6.07, 6.45) is 0. The molecule has 2 aromatic rings. The molecule has 0 aliphatic heterocycles. The van der Waals surface area contributed by atoms with Gasteiger partial charge < -0.3 is 20.1 Å². The maximum atomic E-state index is 11.8. The molecule has 0 fully saturated rings. The zero-order valence-electron chi connectivity index (χ0n) is 12.0. The van der Waals surface area contributed by atoms with Gasteiger partial charge in [0.2, 0.25) is 0 Å². The lowest BCUT2D eigenvalue weighted by Crippen LogP contribution is -2.20. The first-order valence-electron chi connectivity index (χ1n) is 6.54. The molecular weight excluding hydrogens is 268 g/mol. The third-order valence-electron chi connectivity index (χ3n) is 2.89. The van der Waals surface area contributed by atoms with Crippen molar-refractivity contribution in [3.8, 4) is 11.5 Å². The molecule has 5 heteroatoms. The number of nitrogens with zero attached hydrogens (tertiary/aromatic N) is 1. The highest BCUT2D eigenvalue weighted by molar-refractivity contribution is 5.92. The van der Waals surface area contributed by atoms with Crippen LogP contribution in [0.1, 0.15) is 0 Å². The summed E-state index contributed by atoms with van der Waals surface area (Å²) in [6, 6.07) is 14.0. The van der Waals surface area contributed by atoms with Crippen LogP contribution in [0.15, 0.2) is 48.5 Å². The van der Waals surface area contributed by atoms with Crippen molar-refractivity contribution in [2.75, 3.05) is 30.9 Å². The number of anilines is 2. The predicted molar refractivity (Wildman–Crippen MR) is 83.0 cm³/mol. The summed E-state index contributed by atoms with van der Waals surface area (Å²) in [5.74, 6) is 0.0205. The van der Waals surface area contributed by atoms with Gasteiger partial charge in [-0.2, -0.15) is 0 Å².